The summed E-state index contributed by atoms with van der Waals surface area (Å²) in [6.07, 6.45) is 0. The van der Waals surface area contributed by atoms with Crippen LogP contribution in [0.15, 0.2) is 30.3 Å². The maximum Gasteiger partial charge on any atom is 0.0436 e. The minimum absolute atomic E-state index is 0.193. The SMILES string of the molecule is CCNC(CS(=O)C(C)C(C)C)c1ccccc1. The lowest BCUT2D eigenvalue weighted by Crippen LogP contribution is -2.30. The van der Waals surface area contributed by atoms with E-state index < -0.39 is 10.8 Å². The van der Waals surface area contributed by atoms with Crippen LogP contribution in [0, 0.1) is 5.92 Å². The molecule has 0 aliphatic rings. The molecule has 3 atom stereocenters. The van der Waals surface area contributed by atoms with E-state index in [1.165, 1.54) is 5.56 Å². The van der Waals surface area contributed by atoms with Gasteiger partial charge in [0.25, 0.3) is 0 Å². The molecule has 2 nitrogen and oxygen atoms in total. The van der Waals surface area contributed by atoms with Crippen molar-refractivity contribution in [1.82, 2.24) is 5.32 Å². The number of hydrogen-bond acceptors (Lipinski definition) is 2. The Kier molecular flexibility index (Phi) is 6.58. The minimum Gasteiger partial charge on any atom is -0.309 e. The molecule has 0 fully saturated rings. The van der Waals surface area contributed by atoms with Gasteiger partial charge < -0.3 is 5.32 Å². The van der Waals surface area contributed by atoms with Gasteiger partial charge in [0, 0.05) is 27.8 Å². The summed E-state index contributed by atoms with van der Waals surface area (Å²) in [5.41, 5.74) is 1.23. The van der Waals surface area contributed by atoms with Crippen molar-refractivity contribution in [3.63, 3.8) is 0 Å². The Bertz CT molecular complexity index is 364. The average Bonchev–Trinajstić information content (AvgIpc) is 2.38. The van der Waals surface area contributed by atoms with E-state index in [1.54, 1.807) is 0 Å². The highest BCUT2D eigenvalue weighted by Gasteiger charge is 2.20. The molecule has 1 N–H and O–H groups in total. The molecule has 0 aliphatic heterocycles. The third kappa shape index (κ3) is 4.54. The molecule has 0 amide bonds. The van der Waals surface area contributed by atoms with E-state index in [0.29, 0.717) is 11.7 Å². The van der Waals surface area contributed by atoms with Crippen LogP contribution in [-0.4, -0.2) is 21.8 Å². The lowest BCUT2D eigenvalue weighted by atomic mass is 10.1. The molecule has 1 aromatic carbocycles. The number of hydrogen-bond donors (Lipinski definition) is 1. The molecule has 0 spiro atoms. The van der Waals surface area contributed by atoms with Gasteiger partial charge in [-0.3, -0.25) is 4.21 Å². The van der Waals surface area contributed by atoms with Gasteiger partial charge in [-0.1, -0.05) is 58.0 Å². The van der Waals surface area contributed by atoms with Crippen LogP contribution in [0.3, 0.4) is 0 Å². The first-order valence-corrected chi connectivity index (χ1v) is 8.10. The predicted molar refractivity (Wildman–Crippen MR) is 80.2 cm³/mol. The quantitative estimate of drug-likeness (QED) is 0.822. The van der Waals surface area contributed by atoms with Crippen molar-refractivity contribution < 1.29 is 4.21 Å². The summed E-state index contributed by atoms with van der Waals surface area (Å²) in [5, 5.41) is 3.68. The van der Waals surface area contributed by atoms with Gasteiger partial charge in [-0.25, -0.2) is 0 Å². The topological polar surface area (TPSA) is 29.1 Å². The molecule has 1 rings (SSSR count). The van der Waals surface area contributed by atoms with Gasteiger partial charge in [-0.05, 0) is 18.0 Å². The second kappa shape index (κ2) is 7.70. The standard InChI is InChI=1S/C15H25NOS/c1-5-16-15(14-9-7-6-8-10-14)11-18(17)13(4)12(2)3/h6-10,12-13,15-16H,5,11H2,1-4H3. The first kappa shape index (κ1) is 15.4. The molecule has 0 heterocycles. The molecular weight excluding hydrogens is 242 g/mol. The van der Waals surface area contributed by atoms with Gasteiger partial charge in [0.2, 0.25) is 0 Å². The van der Waals surface area contributed by atoms with Crippen LogP contribution in [0.2, 0.25) is 0 Å². The summed E-state index contributed by atoms with van der Waals surface area (Å²) in [4.78, 5) is 0. The minimum atomic E-state index is -0.789. The zero-order chi connectivity index (χ0) is 13.5. The van der Waals surface area contributed by atoms with E-state index in [9.17, 15) is 4.21 Å². The smallest absolute Gasteiger partial charge is 0.0436 e. The summed E-state index contributed by atoms with van der Waals surface area (Å²) in [6.45, 7) is 9.33. The molecule has 0 bridgehead atoms. The Balaban J connectivity index is 2.72. The third-order valence-corrected chi connectivity index (χ3v) is 5.37. The third-order valence-electron chi connectivity index (χ3n) is 3.34. The monoisotopic (exact) mass is 267 g/mol. The van der Waals surface area contributed by atoms with Crippen LogP contribution in [0.4, 0.5) is 0 Å². The molecule has 0 saturated carbocycles. The van der Waals surface area contributed by atoms with Gasteiger partial charge in [0.05, 0.1) is 0 Å². The lowest BCUT2D eigenvalue weighted by Gasteiger charge is -2.22. The van der Waals surface area contributed by atoms with Crippen LogP contribution in [0.5, 0.6) is 0 Å². The van der Waals surface area contributed by atoms with Crippen LogP contribution in [0.25, 0.3) is 0 Å². The van der Waals surface area contributed by atoms with E-state index in [1.807, 2.05) is 18.2 Å². The van der Waals surface area contributed by atoms with E-state index in [-0.39, 0.29) is 11.3 Å². The fraction of sp³-hybridized carbons (Fsp3) is 0.600. The van der Waals surface area contributed by atoms with Crippen LogP contribution in [-0.2, 0) is 10.8 Å². The highest BCUT2D eigenvalue weighted by Crippen LogP contribution is 2.17. The Morgan fingerprint density at radius 2 is 1.78 bits per heavy atom. The molecule has 102 valence electrons. The van der Waals surface area contributed by atoms with Gasteiger partial charge in [-0.2, -0.15) is 0 Å². The van der Waals surface area contributed by atoms with Crippen LogP contribution >= 0.6 is 0 Å². The second-order valence-corrected chi connectivity index (χ2v) is 6.86. The summed E-state index contributed by atoms with van der Waals surface area (Å²) in [7, 11) is -0.789. The van der Waals surface area contributed by atoms with Gasteiger partial charge in [0.15, 0.2) is 0 Å². The fourth-order valence-electron chi connectivity index (χ4n) is 1.82. The summed E-state index contributed by atoms with van der Waals surface area (Å²) in [6, 6.07) is 10.5. The zero-order valence-electron chi connectivity index (χ0n) is 11.8. The molecule has 3 heteroatoms. The second-order valence-electron chi connectivity index (χ2n) is 5.02. The largest absolute Gasteiger partial charge is 0.309 e. The first-order valence-electron chi connectivity index (χ1n) is 6.71. The molecule has 0 radical (unpaired) electrons. The van der Waals surface area contributed by atoms with E-state index >= 15 is 0 Å². The summed E-state index contributed by atoms with van der Waals surface area (Å²) >= 11 is 0. The Morgan fingerprint density at radius 3 is 2.28 bits per heavy atom. The normalized spacial score (nSPS) is 16.5. The predicted octanol–water partition coefficient (Wildman–Crippen LogP) is 3.13. The Hall–Kier alpha value is -0.670. The molecule has 1 aromatic rings. The average molecular weight is 267 g/mol. The van der Waals surface area contributed by atoms with Crippen molar-refractivity contribution in [3.05, 3.63) is 35.9 Å². The molecule has 3 unspecified atom stereocenters. The lowest BCUT2D eigenvalue weighted by molar-refractivity contribution is 0.573. The Morgan fingerprint density at radius 1 is 1.17 bits per heavy atom. The van der Waals surface area contributed by atoms with Gasteiger partial charge in [0.1, 0.15) is 0 Å². The van der Waals surface area contributed by atoms with Crippen LogP contribution in [0.1, 0.15) is 39.3 Å². The van der Waals surface area contributed by atoms with E-state index in [2.05, 4.69) is 45.1 Å². The maximum atomic E-state index is 12.3. The van der Waals surface area contributed by atoms with E-state index in [0.717, 1.165) is 6.54 Å². The van der Waals surface area contributed by atoms with Crippen molar-refractivity contribution in [2.24, 2.45) is 5.92 Å². The molecule has 18 heavy (non-hydrogen) atoms. The molecule has 0 saturated heterocycles. The van der Waals surface area contributed by atoms with Gasteiger partial charge >= 0.3 is 0 Å². The molecule has 0 aliphatic carbocycles. The Labute approximate surface area is 114 Å². The summed E-state index contributed by atoms with van der Waals surface area (Å²) in [5.74, 6) is 1.15. The van der Waals surface area contributed by atoms with Crippen molar-refractivity contribution in [3.8, 4) is 0 Å². The van der Waals surface area contributed by atoms with Crippen molar-refractivity contribution >= 4 is 10.8 Å². The van der Waals surface area contributed by atoms with E-state index in [4.69, 9.17) is 0 Å². The highest BCUT2D eigenvalue weighted by molar-refractivity contribution is 7.85. The molecule has 0 aromatic heterocycles. The van der Waals surface area contributed by atoms with Crippen molar-refractivity contribution in [2.45, 2.75) is 39.0 Å². The van der Waals surface area contributed by atoms with Gasteiger partial charge in [-0.15, -0.1) is 0 Å². The van der Waals surface area contributed by atoms with Crippen LogP contribution < -0.4 is 5.32 Å². The highest BCUT2D eigenvalue weighted by atomic mass is 32.2. The molecular formula is C15H25NOS. The maximum absolute atomic E-state index is 12.3. The van der Waals surface area contributed by atoms with Crippen molar-refractivity contribution in [1.29, 1.82) is 0 Å². The summed E-state index contributed by atoms with van der Waals surface area (Å²) < 4.78 is 12.3. The number of benzene rings is 1. The zero-order valence-corrected chi connectivity index (χ0v) is 12.7. The fourth-order valence-corrected chi connectivity index (χ4v) is 3.37. The van der Waals surface area contributed by atoms with Crippen molar-refractivity contribution in [2.75, 3.05) is 12.3 Å². The number of nitrogens with one attached hydrogen (secondary N) is 1. The first-order chi connectivity index (χ1) is 8.56. The number of rotatable bonds is 7.